The van der Waals surface area contributed by atoms with E-state index in [0.29, 0.717) is 23.5 Å². The molecule has 0 aliphatic heterocycles. The van der Waals surface area contributed by atoms with Crippen LogP contribution in [0.15, 0.2) is 60.8 Å². The van der Waals surface area contributed by atoms with Crippen LogP contribution in [-0.2, 0) is 6.54 Å². The van der Waals surface area contributed by atoms with Crippen LogP contribution in [0.25, 0.3) is 21.9 Å². The normalized spacial score (nSPS) is 11.0. The van der Waals surface area contributed by atoms with Crippen LogP contribution >= 0.6 is 0 Å². The van der Waals surface area contributed by atoms with E-state index in [1.54, 1.807) is 30.3 Å². The number of hydrogen-bond acceptors (Lipinski definition) is 2. The van der Waals surface area contributed by atoms with Crippen molar-refractivity contribution in [2.24, 2.45) is 0 Å². The maximum Gasteiger partial charge on any atom is 0.254 e. The lowest BCUT2D eigenvalue weighted by Crippen LogP contribution is -2.27. The van der Waals surface area contributed by atoms with Gasteiger partial charge in [0.1, 0.15) is 5.82 Å². The van der Waals surface area contributed by atoms with E-state index in [9.17, 15) is 13.6 Å². The molecule has 4 nitrogen and oxygen atoms in total. The molecule has 1 amide bonds. The minimum atomic E-state index is -0.903. The quantitative estimate of drug-likeness (QED) is 0.527. The third kappa shape index (κ3) is 3.61. The van der Waals surface area contributed by atoms with E-state index in [0.717, 1.165) is 28.1 Å². The SMILES string of the molecule is Cc1cnc(CN(C)C(=O)c2ccc(-c3ccc(F)c(F)c3)c3ccccc23)[nH]1. The number of amides is 1. The van der Waals surface area contributed by atoms with Gasteiger partial charge in [-0.25, -0.2) is 13.8 Å². The fourth-order valence-electron chi connectivity index (χ4n) is 3.45. The van der Waals surface area contributed by atoms with Crippen LogP contribution in [0.5, 0.6) is 0 Å². The number of nitrogens with one attached hydrogen (secondary N) is 1. The highest BCUT2D eigenvalue weighted by Gasteiger charge is 2.18. The molecule has 0 aliphatic rings. The first kappa shape index (κ1) is 18.8. The minimum absolute atomic E-state index is 0.146. The minimum Gasteiger partial charge on any atom is -0.345 e. The summed E-state index contributed by atoms with van der Waals surface area (Å²) in [5, 5.41) is 1.55. The molecule has 0 radical (unpaired) electrons. The molecule has 3 aromatic carbocycles. The Kier molecular flexibility index (Phi) is 4.84. The van der Waals surface area contributed by atoms with Gasteiger partial charge in [0.05, 0.1) is 6.54 Å². The van der Waals surface area contributed by atoms with Crippen molar-refractivity contribution in [2.45, 2.75) is 13.5 Å². The standard InChI is InChI=1S/C23H19F2N3O/c1-14-12-26-22(27-14)13-28(2)23(29)19-9-8-16(17-5-3-4-6-18(17)19)15-7-10-20(24)21(25)11-15/h3-12H,13H2,1-2H3,(H,26,27). The van der Waals surface area contributed by atoms with Gasteiger partial charge in [0, 0.05) is 24.5 Å². The Bertz CT molecular complexity index is 1220. The molecule has 4 aromatic rings. The number of aromatic nitrogens is 2. The molecule has 146 valence electrons. The number of H-pyrrole nitrogens is 1. The van der Waals surface area contributed by atoms with Crippen LogP contribution in [0.1, 0.15) is 21.9 Å². The Hall–Kier alpha value is -3.54. The van der Waals surface area contributed by atoms with Crippen molar-refractivity contribution in [1.29, 1.82) is 0 Å². The van der Waals surface area contributed by atoms with Gasteiger partial charge in [0.2, 0.25) is 0 Å². The summed E-state index contributed by atoms with van der Waals surface area (Å²) in [6.45, 7) is 2.26. The van der Waals surface area contributed by atoms with Gasteiger partial charge in [-0.05, 0) is 47.0 Å². The second kappa shape index (κ2) is 7.47. The largest absolute Gasteiger partial charge is 0.345 e. The molecular formula is C23H19F2N3O. The Morgan fingerprint density at radius 2 is 1.79 bits per heavy atom. The molecule has 1 heterocycles. The van der Waals surface area contributed by atoms with Gasteiger partial charge in [-0.15, -0.1) is 0 Å². The van der Waals surface area contributed by atoms with Gasteiger partial charge in [0.25, 0.3) is 5.91 Å². The van der Waals surface area contributed by atoms with Crippen LogP contribution in [0.4, 0.5) is 8.78 Å². The topological polar surface area (TPSA) is 49.0 Å². The van der Waals surface area contributed by atoms with Crippen molar-refractivity contribution in [1.82, 2.24) is 14.9 Å². The van der Waals surface area contributed by atoms with E-state index in [1.807, 2.05) is 31.2 Å². The lowest BCUT2D eigenvalue weighted by molar-refractivity contribution is 0.0784. The summed E-state index contributed by atoms with van der Waals surface area (Å²) in [6.07, 6.45) is 1.72. The van der Waals surface area contributed by atoms with Gasteiger partial charge in [-0.3, -0.25) is 4.79 Å². The molecule has 0 saturated heterocycles. The van der Waals surface area contributed by atoms with Crippen molar-refractivity contribution in [3.63, 3.8) is 0 Å². The molecule has 1 aromatic heterocycles. The predicted molar refractivity (Wildman–Crippen MR) is 108 cm³/mol. The second-order valence-corrected chi connectivity index (χ2v) is 7.01. The van der Waals surface area contributed by atoms with Gasteiger partial charge >= 0.3 is 0 Å². The molecular weight excluding hydrogens is 372 g/mol. The lowest BCUT2D eigenvalue weighted by atomic mass is 9.94. The zero-order valence-electron chi connectivity index (χ0n) is 16.0. The Morgan fingerprint density at radius 1 is 1.03 bits per heavy atom. The molecule has 0 saturated carbocycles. The number of aromatic amines is 1. The van der Waals surface area contributed by atoms with Crippen LogP contribution in [0, 0.1) is 18.6 Å². The van der Waals surface area contributed by atoms with Gasteiger partial charge in [-0.1, -0.05) is 36.4 Å². The maximum absolute atomic E-state index is 13.7. The number of rotatable bonds is 4. The molecule has 0 spiro atoms. The smallest absolute Gasteiger partial charge is 0.254 e. The second-order valence-electron chi connectivity index (χ2n) is 7.01. The van der Waals surface area contributed by atoms with Gasteiger partial charge < -0.3 is 9.88 Å². The number of hydrogen-bond donors (Lipinski definition) is 1. The fourth-order valence-corrected chi connectivity index (χ4v) is 3.45. The average molecular weight is 391 g/mol. The highest BCUT2D eigenvalue weighted by atomic mass is 19.2. The number of aryl methyl sites for hydroxylation is 1. The number of carbonyl (C=O) groups is 1. The van der Waals surface area contributed by atoms with Crippen molar-refractivity contribution in [3.8, 4) is 11.1 Å². The number of benzene rings is 3. The van der Waals surface area contributed by atoms with Crippen molar-refractivity contribution >= 4 is 16.7 Å². The van der Waals surface area contributed by atoms with Crippen LogP contribution < -0.4 is 0 Å². The van der Waals surface area contributed by atoms with Crippen molar-refractivity contribution in [2.75, 3.05) is 7.05 Å². The first-order valence-corrected chi connectivity index (χ1v) is 9.17. The summed E-state index contributed by atoms with van der Waals surface area (Å²) in [7, 11) is 1.72. The zero-order chi connectivity index (χ0) is 20.5. The van der Waals surface area contributed by atoms with E-state index in [4.69, 9.17) is 0 Å². The van der Waals surface area contributed by atoms with Gasteiger partial charge in [-0.2, -0.15) is 0 Å². The molecule has 0 atom stereocenters. The monoisotopic (exact) mass is 391 g/mol. The Balaban J connectivity index is 1.74. The zero-order valence-corrected chi connectivity index (χ0v) is 16.0. The van der Waals surface area contributed by atoms with E-state index in [2.05, 4.69) is 9.97 Å². The van der Waals surface area contributed by atoms with Crippen LogP contribution in [0.2, 0.25) is 0 Å². The van der Waals surface area contributed by atoms with E-state index >= 15 is 0 Å². The molecule has 29 heavy (non-hydrogen) atoms. The summed E-state index contributed by atoms with van der Waals surface area (Å²) in [6, 6.07) is 14.8. The van der Waals surface area contributed by atoms with E-state index in [1.165, 1.54) is 12.1 Å². The number of halogens is 2. The maximum atomic E-state index is 13.7. The molecule has 0 aliphatic carbocycles. The number of imidazole rings is 1. The first-order valence-electron chi connectivity index (χ1n) is 9.17. The van der Waals surface area contributed by atoms with E-state index < -0.39 is 11.6 Å². The van der Waals surface area contributed by atoms with Crippen LogP contribution in [-0.4, -0.2) is 27.8 Å². The highest BCUT2D eigenvalue weighted by molar-refractivity contribution is 6.10. The predicted octanol–water partition coefficient (Wildman–Crippen LogP) is 5.09. The lowest BCUT2D eigenvalue weighted by Gasteiger charge is -2.18. The number of nitrogens with zero attached hydrogens (tertiary/aromatic N) is 2. The summed E-state index contributed by atoms with van der Waals surface area (Å²) >= 11 is 0. The number of fused-ring (bicyclic) bond motifs is 1. The Labute approximate surface area is 166 Å². The molecule has 0 bridgehead atoms. The molecule has 0 unspecified atom stereocenters. The highest BCUT2D eigenvalue weighted by Crippen LogP contribution is 2.32. The summed E-state index contributed by atoms with van der Waals surface area (Å²) in [5.74, 6) is -1.23. The summed E-state index contributed by atoms with van der Waals surface area (Å²) in [4.78, 5) is 22.1. The molecule has 4 rings (SSSR count). The Morgan fingerprint density at radius 3 is 2.48 bits per heavy atom. The average Bonchev–Trinajstić information content (AvgIpc) is 3.13. The van der Waals surface area contributed by atoms with Crippen molar-refractivity contribution < 1.29 is 13.6 Å². The third-order valence-electron chi connectivity index (χ3n) is 4.87. The van der Waals surface area contributed by atoms with Crippen molar-refractivity contribution in [3.05, 3.63) is 89.5 Å². The first-order chi connectivity index (χ1) is 13.9. The van der Waals surface area contributed by atoms with Crippen LogP contribution in [0.3, 0.4) is 0 Å². The molecule has 0 fully saturated rings. The summed E-state index contributed by atoms with van der Waals surface area (Å²) < 4.78 is 27.1. The fraction of sp³-hybridized carbons (Fsp3) is 0.130. The third-order valence-corrected chi connectivity index (χ3v) is 4.87. The van der Waals surface area contributed by atoms with Gasteiger partial charge in [0.15, 0.2) is 11.6 Å². The molecule has 1 N–H and O–H groups in total. The summed E-state index contributed by atoms with van der Waals surface area (Å²) in [5.41, 5.74) is 2.76. The molecule has 6 heteroatoms. The van der Waals surface area contributed by atoms with E-state index in [-0.39, 0.29) is 5.91 Å². The number of carbonyl (C=O) groups excluding carboxylic acids is 1.